The summed E-state index contributed by atoms with van der Waals surface area (Å²) in [5.74, 6) is -1.03. The molecule has 0 aliphatic carbocycles. The molecule has 0 atom stereocenters. The van der Waals surface area contributed by atoms with Crippen molar-refractivity contribution in [1.29, 1.82) is 0 Å². The van der Waals surface area contributed by atoms with Gasteiger partial charge in [0.2, 0.25) is 0 Å². The highest BCUT2D eigenvalue weighted by atomic mass is 127. The Hall–Kier alpha value is -0.430. The van der Waals surface area contributed by atoms with Crippen LogP contribution in [0, 0.1) is 3.57 Å². The molecule has 0 aromatic heterocycles. The number of nitrogens with one attached hydrogen (secondary N) is 1. The van der Waals surface area contributed by atoms with E-state index in [4.69, 9.17) is 0 Å². The molecule has 1 aliphatic heterocycles. The summed E-state index contributed by atoms with van der Waals surface area (Å²) < 4.78 is 1.64. The van der Waals surface area contributed by atoms with Crippen LogP contribution in [0.2, 0.25) is 0 Å². The predicted molar refractivity (Wildman–Crippen MR) is 59.8 cm³/mol. The molecule has 1 amide bonds. The fraction of sp³-hybridized carbons (Fsp3) is 0. The molecule has 3 nitrogen and oxygen atoms in total. The van der Waals surface area contributed by atoms with Crippen LogP contribution in [0.1, 0.15) is 10.4 Å². The molecule has 13 heavy (non-hydrogen) atoms. The van der Waals surface area contributed by atoms with E-state index in [1.165, 1.54) is 0 Å². The minimum atomic E-state index is -0.558. The number of carbonyl (C=O) groups is 2. The number of benzene rings is 1. The number of fused-ring (bicyclic) bond motifs is 1. The van der Waals surface area contributed by atoms with Crippen molar-refractivity contribution in [2.45, 2.75) is 0 Å². The van der Waals surface area contributed by atoms with Gasteiger partial charge in [0.15, 0.2) is 0 Å². The van der Waals surface area contributed by atoms with E-state index < -0.39 is 11.7 Å². The zero-order valence-corrected chi connectivity index (χ0v) is 9.97. The van der Waals surface area contributed by atoms with Gasteiger partial charge in [-0.1, -0.05) is 0 Å². The Labute approximate surface area is 96.2 Å². The van der Waals surface area contributed by atoms with E-state index in [9.17, 15) is 9.59 Å². The molecule has 0 fully saturated rings. The van der Waals surface area contributed by atoms with Crippen LogP contribution in [0.3, 0.4) is 0 Å². The maximum absolute atomic E-state index is 11.3. The van der Waals surface area contributed by atoms with Gasteiger partial charge in [0.25, 0.3) is 11.7 Å². The van der Waals surface area contributed by atoms with E-state index in [1.807, 2.05) is 0 Å². The molecule has 1 heterocycles. The third kappa shape index (κ3) is 1.39. The third-order valence-electron chi connectivity index (χ3n) is 1.74. The van der Waals surface area contributed by atoms with E-state index in [-0.39, 0.29) is 0 Å². The lowest BCUT2D eigenvalue weighted by atomic mass is 10.1. The average molecular weight is 352 g/mol. The molecule has 0 saturated carbocycles. The normalized spacial score (nSPS) is 14.3. The Morgan fingerprint density at radius 2 is 2.00 bits per heavy atom. The molecule has 0 bridgehead atoms. The van der Waals surface area contributed by atoms with Gasteiger partial charge in [0.1, 0.15) is 0 Å². The minimum absolute atomic E-state index is 0.436. The van der Waals surface area contributed by atoms with Gasteiger partial charge in [-0.2, -0.15) is 0 Å². The summed E-state index contributed by atoms with van der Waals surface area (Å²) in [4.78, 5) is 22.3. The molecule has 1 N–H and O–H groups in total. The first-order valence-electron chi connectivity index (χ1n) is 3.44. The minimum Gasteiger partial charge on any atom is -0.318 e. The molecule has 0 spiro atoms. The van der Waals surface area contributed by atoms with Crippen LogP contribution in [0.15, 0.2) is 16.6 Å². The van der Waals surface area contributed by atoms with Crippen molar-refractivity contribution in [2.24, 2.45) is 0 Å². The Balaban J connectivity index is 2.71. The second-order valence-electron chi connectivity index (χ2n) is 2.59. The molecule has 1 aromatic rings. The molecular weight excluding hydrogens is 349 g/mol. The maximum atomic E-state index is 11.3. The van der Waals surface area contributed by atoms with Crippen molar-refractivity contribution >= 4 is 55.9 Å². The van der Waals surface area contributed by atoms with Crippen molar-refractivity contribution in [3.63, 3.8) is 0 Å². The van der Waals surface area contributed by atoms with Gasteiger partial charge in [-0.15, -0.1) is 0 Å². The molecule has 1 aliphatic rings. The highest BCUT2D eigenvalue weighted by molar-refractivity contribution is 14.1. The quantitative estimate of drug-likeness (QED) is 0.575. The molecular formula is C8H3BrINO2. The number of hydrogen-bond acceptors (Lipinski definition) is 2. The lowest BCUT2D eigenvalue weighted by molar-refractivity contribution is -0.112. The van der Waals surface area contributed by atoms with E-state index >= 15 is 0 Å². The summed E-state index contributed by atoms with van der Waals surface area (Å²) >= 11 is 5.37. The number of anilines is 1. The van der Waals surface area contributed by atoms with Crippen LogP contribution >= 0.6 is 38.5 Å². The molecule has 66 valence electrons. The average Bonchev–Trinajstić information content (AvgIpc) is 2.27. The van der Waals surface area contributed by atoms with E-state index in [0.29, 0.717) is 15.7 Å². The lowest BCUT2D eigenvalue weighted by Gasteiger charge is -1.99. The molecule has 0 saturated heterocycles. The van der Waals surface area contributed by atoms with Crippen LogP contribution in [-0.4, -0.2) is 11.7 Å². The van der Waals surface area contributed by atoms with E-state index in [0.717, 1.165) is 3.57 Å². The number of amides is 1. The maximum Gasteiger partial charge on any atom is 0.296 e. The summed E-state index contributed by atoms with van der Waals surface area (Å²) in [6.07, 6.45) is 0. The topological polar surface area (TPSA) is 46.2 Å². The molecule has 0 radical (unpaired) electrons. The van der Waals surface area contributed by atoms with E-state index in [2.05, 4.69) is 43.8 Å². The first-order chi connectivity index (χ1) is 6.09. The molecule has 1 aromatic carbocycles. The summed E-state index contributed by atoms with van der Waals surface area (Å²) in [7, 11) is 0. The Morgan fingerprint density at radius 1 is 1.31 bits per heavy atom. The monoisotopic (exact) mass is 351 g/mol. The van der Waals surface area contributed by atoms with Gasteiger partial charge in [-0.3, -0.25) is 9.59 Å². The number of halogens is 2. The summed E-state index contributed by atoms with van der Waals surface area (Å²) in [5, 5.41) is 2.51. The SMILES string of the molecule is O=C1Nc2cc(I)cc(Br)c2C1=O. The molecule has 2 rings (SSSR count). The van der Waals surface area contributed by atoms with Crippen molar-refractivity contribution in [2.75, 3.05) is 5.32 Å². The lowest BCUT2D eigenvalue weighted by Crippen LogP contribution is -2.12. The first kappa shape index (κ1) is 9.14. The van der Waals surface area contributed by atoms with Crippen LogP contribution in [0.25, 0.3) is 0 Å². The second-order valence-corrected chi connectivity index (χ2v) is 4.69. The molecule has 5 heteroatoms. The van der Waals surface area contributed by atoms with Crippen molar-refractivity contribution < 1.29 is 9.59 Å². The fourth-order valence-electron chi connectivity index (χ4n) is 1.20. The van der Waals surface area contributed by atoms with Crippen LogP contribution in [-0.2, 0) is 4.79 Å². The molecule has 0 unspecified atom stereocenters. The predicted octanol–water partition coefficient (Wildman–Crippen LogP) is 2.19. The zero-order chi connectivity index (χ0) is 9.59. The number of hydrogen-bond donors (Lipinski definition) is 1. The van der Waals surface area contributed by atoms with Gasteiger partial charge in [-0.25, -0.2) is 0 Å². The number of Topliss-reactive ketones (excluding diaryl/α,β-unsaturated/α-hetero) is 1. The third-order valence-corrected chi connectivity index (χ3v) is 2.98. The summed E-state index contributed by atoms with van der Waals surface area (Å²) in [6, 6.07) is 3.57. The Morgan fingerprint density at radius 3 is 2.69 bits per heavy atom. The number of rotatable bonds is 0. The number of ketones is 1. The Bertz CT molecular complexity index is 430. The standard InChI is InChI=1S/C8H3BrINO2/c9-4-1-3(10)2-5-6(4)7(12)8(13)11-5/h1-2H,(H,11,12,13). The summed E-state index contributed by atoms with van der Waals surface area (Å²) in [6.45, 7) is 0. The first-order valence-corrected chi connectivity index (χ1v) is 5.31. The van der Waals surface area contributed by atoms with Gasteiger partial charge in [-0.05, 0) is 50.7 Å². The highest BCUT2D eigenvalue weighted by Crippen LogP contribution is 2.32. The van der Waals surface area contributed by atoms with Gasteiger partial charge < -0.3 is 5.32 Å². The van der Waals surface area contributed by atoms with Crippen LogP contribution in [0.4, 0.5) is 5.69 Å². The zero-order valence-electron chi connectivity index (χ0n) is 6.23. The van der Waals surface area contributed by atoms with Gasteiger partial charge >= 0.3 is 0 Å². The van der Waals surface area contributed by atoms with Crippen molar-refractivity contribution in [1.82, 2.24) is 0 Å². The highest BCUT2D eigenvalue weighted by Gasteiger charge is 2.30. The van der Waals surface area contributed by atoms with E-state index in [1.54, 1.807) is 12.1 Å². The van der Waals surface area contributed by atoms with Crippen LogP contribution in [0.5, 0.6) is 0 Å². The van der Waals surface area contributed by atoms with Gasteiger partial charge in [0.05, 0.1) is 11.3 Å². The van der Waals surface area contributed by atoms with Crippen LogP contribution < -0.4 is 5.32 Å². The fourth-order valence-corrected chi connectivity index (χ4v) is 2.89. The Kier molecular flexibility index (Phi) is 2.15. The second kappa shape index (κ2) is 3.06. The van der Waals surface area contributed by atoms with Crippen molar-refractivity contribution in [3.8, 4) is 0 Å². The number of carbonyl (C=O) groups excluding carboxylic acids is 2. The summed E-state index contributed by atoms with van der Waals surface area (Å²) in [5.41, 5.74) is 1.03. The van der Waals surface area contributed by atoms with Gasteiger partial charge in [0, 0.05) is 8.04 Å². The smallest absolute Gasteiger partial charge is 0.296 e. The largest absolute Gasteiger partial charge is 0.318 e. The van der Waals surface area contributed by atoms with Crippen molar-refractivity contribution in [3.05, 3.63) is 25.7 Å².